The van der Waals surface area contributed by atoms with E-state index >= 15 is 0 Å². The molecule has 24 heavy (non-hydrogen) atoms. The first-order valence-electron chi connectivity index (χ1n) is 8.45. The molecule has 0 radical (unpaired) electrons. The number of aromatic nitrogens is 1. The zero-order valence-electron chi connectivity index (χ0n) is 16.0. The van der Waals surface area contributed by atoms with Crippen LogP contribution in [0.4, 0.5) is 0 Å². The second-order valence-corrected chi connectivity index (χ2v) is 9.21. The summed E-state index contributed by atoms with van der Waals surface area (Å²) < 4.78 is 5.83. The predicted octanol–water partition coefficient (Wildman–Crippen LogP) is 4.91. The van der Waals surface area contributed by atoms with Crippen LogP contribution in [0.25, 0.3) is 11.3 Å². The molecule has 2 N–H and O–H groups in total. The molecule has 2 aromatic rings. The highest BCUT2D eigenvalue weighted by Crippen LogP contribution is 2.42. The highest BCUT2D eigenvalue weighted by molar-refractivity contribution is 7.09. The van der Waals surface area contributed by atoms with E-state index in [1.165, 1.54) is 11.1 Å². The molecule has 4 heteroatoms. The highest BCUT2D eigenvalue weighted by atomic mass is 32.1. The second kappa shape index (κ2) is 6.85. The van der Waals surface area contributed by atoms with E-state index < -0.39 is 0 Å². The largest absolute Gasteiger partial charge is 0.496 e. The number of benzene rings is 1. The number of nitrogens with zero attached hydrogens (tertiary/aromatic N) is 1. The van der Waals surface area contributed by atoms with Gasteiger partial charge in [0.2, 0.25) is 0 Å². The Morgan fingerprint density at radius 1 is 1.08 bits per heavy atom. The molecular formula is C20H30N2OS. The van der Waals surface area contributed by atoms with Crippen molar-refractivity contribution in [1.82, 2.24) is 4.98 Å². The van der Waals surface area contributed by atoms with Gasteiger partial charge in [-0.1, -0.05) is 47.6 Å². The van der Waals surface area contributed by atoms with E-state index in [1.807, 2.05) is 0 Å². The number of hydrogen-bond acceptors (Lipinski definition) is 4. The Hall–Kier alpha value is -1.39. The van der Waals surface area contributed by atoms with Gasteiger partial charge in [-0.25, -0.2) is 4.98 Å². The van der Waals surface area contributed by atoms with Gasteiger partial charge in [-0.3, -0.25) is 0 Å². The summed E-state index contributed by atoms with van der Waals surface area (Å²) in [5.74, 6) is 0.931. The summed E-state index contributed by atoms with van der Waals surface area (Å²) in [6.07, 6.45) is 0.818. The molecule has 3 nitrogen and oxygen atoms in total. The van der Waals surface area contributed by atoms with Crippen molar-refractivity contribution in [3.63, 3.8) is 0 Å². The van der Waals surface area contributed by atoms with Gasteiger partial charge in [0.05, 0.1) is 17.8 Å². The van der Waals surface area contributed by atoms with Gasteiger partial charge in [0, 0.05) is 22.9 Å². The third-order valence-electron chi connectivity index (χ3n) is 4.15. The first kappa shape index (κ1) is 18.9. The van der Waals surface area contributed by atoms with Gasteiger partial charge in [-0.15, -0.1) is 11.3 Å². The average Bonchev–Trinajstić information content (AvgIpc) is 2.92. The van der Waals surface area contributed by atoms with Crippen molar-refractivity contribution < 1.29 is 4.74 Å². The number of nitrogens with two attached hydrogens (primary N) is 1. The van der Waals surface area contributed by atoms with Crippen LogP contribution in [0.2, 0.25) is 0 Å². The van der Waals surface area contributed by atoms with Crippen molar-refractivity contribution in [2.75, 3.05) is 13.7 Å². The predicted molar refractivity (Wildman–Crippen MR) is 104 cm³/mol. The molecule has 1 heterocycles. The maximum Gasteiger partial charge on any atom is 0.132 e. The molecule has 0 aliphatic rings. The molecule has 0 bridgehead atoms. The van der Waals surface area contributed by atoms with Crippen LogP contribution < -0.4 is 10.5 Å². The smallest absolute Gasteiger partial charge is 0.132 e. The van der Waals surface area contributed by atoms with E-state index in [1.54, 1.807) is 18.4 Å². The van der Waals surface area contributed by atoms with Crippen molar-refractivity contribution >= 4 is 11.3 Å². The Balaban J connectivity index is 2.71. The molecular weight excluding hydrogens is 316 g/mol. The second-order valence-electron chi connectivity index (χ2n) is 8.27. The Kier molecular flexibility index (Phi) is 5.41. The minimum atomic E-state index is -0.00252. The lowest BCUT2D eigenvalue weighted by Gasteiger charge is -2.28. The zero-order valence-corrected chi connectivity index (χ0v) is 16.8. The molecule has 0 unspecified atom stereocenters. The summed E-state index contributed by atoms with van der Waals surface area (Å²) in [5.41, 5.74) is 10.3. The number of methoxy groups -OCH3 is 1. The summed E-state index contributed by atoms with van der Waals surface area (Å²) in [4.78, 5) is 4.78. The van der Waals surface area contributed by atoms with Crippen LogP contribution in [0.3, 0.4) is 0 Å². The molecule has 0 saturated carbocycles. The fourth-order valence-electron chi connectivity index (χ4n) is 2.70. The van der Waals surface area contributed by atoms with Crippen molar-refractivity contribution in [3.05, 3.63) is 33.6 Å². The van der Waals surface area contributed by atoms with Crippen molar-refractivity contribution in [2.45, 2.75) is 58.8 Å². The Labute approximate surface area is 150 Å². The lowest BCUT2D eigenvalue weighted by Crippen LogP contribution is -2.18. The molecule has 0 fully saturated rings. The number of ether oxygens (including phenoxy) is 1. The van der Waals surface area contributed by atoms with Crippen molar-refractivity contribution in [3.8, 4) is 17.0 Å². The standard InChI is InChI=1S/C20H30N2OS/c1-19(2,3)13-10-14(16-12-24-17(22-16)8-9-21)18(23-7)15(11-13)20(4,5)6/h10-12H,8-9,21H2,1-7H3. The van der Waals surface area contributed by atoms with Gasteiger partial charge < -0.3 is 10.5 Å². The van der Waals surface area contributed by atoms with E-state index in [0.717, 1.165) is 28.4 Å². The van der Waals surface area contributed by atoms with Gasteiger partial charge in [-0.2, -0.15) is 0 Å². The average molecular weight is 347 g/mol. The number of hydrogen-bond donors (Lipinski definition) is 1. The van der Waals surface area contributed by atoms with Crippen LogP contribution in [0.15, 0.2) is 17.5 Å². The SMILES string of the molecule is COc1c(-c2csc(CCN)n2)cc(C(C)(C)C)cc1C(C)(C)C. The summed E-state index contributed by atoms with van der Waals surface area (Å²) in [7, 11) is 1.75. The molecule has 0 spiro atoms. The first-order chi connectivity index (χ1) is 11.1. The van der Waals surface area contributed by atoms with Gasteiger partial charge in [0.1, 0.15) is 5.75 Å². The third kappa shape index (κ3) is 3.98. The van der Waals surface area contributed by atoms with Gasteiger partial charge >= 0.3 is 0 Å². The molecule has 1 aromatic heterocycles. The molecule has 1 aromatic carbocycles. The quantitative estimate of drug-likeness (QED) is 0.855. The molecule has 0 aliphatic carbocycles. The van der Waals surface area contributed by atoms with Crippen LogP contribution in [0.5, 0.6) is 5.75 Å². The van der Waals surface area contributed by atoms with Gasteiger partial charge in [0.15, 0.2) is 0 Å². The summed E-state index contributed by atoms with van der Waals surface area (Å²) >= 11 is 1.67. The maximum absolute atomic E-state index is 5.83. The van der Waals surface area contributed by atoms with Crippen LogP contribution in [0, 0.1) is 0 Å². The number of thiazole rings is 1. The molecule has 0 amide bonds. The van der Waals surface area contributed by atoms with E-state index in [-0.39, 0.29) is 10.8 Å². The molecule has 2 rings (SSSR count). The fourth-order valence-corrected chi connectivity index (χ4v) is 3.52. The van der Waals surface area contributed by atoms with Crippen LogP contribution >= 0.6 is 11.3 Å². The van der Waals surface area contributed by atoms with Crippen molar-refractivity contribution in [2.24, 2.45) is 5.73 Å². The van der Waals surface area contributed by atoms with Crippen LogP contribution in [-0.2, 0) is 17.3 Å². The normalized spacial score (nSPS) is 12.5. The number of rotatable bonds is 4. The van der Waals surface area contributed by atoms with E-state index in [4.69, 9.17) is 15.5 Å². The van der Waals surface area contributed by atoms with Gasteiger partial charge in [-0.05, 0) is 29.0 Å². The van der Waals surface area contributed by atoms with E-state index in [2.05, 4.69) is 59.1 Å². The summed E-state index contributed by atoms with van der Waals surface area (Å²) in [6, 6.07) is 4.52. The van der Waals surface area contributed by atoms with Gasteiger partial charge in [0.25, 0.3) is 0 Å². The summed E-state index contributed by atoms with van der Waals surface area (Å²) in [6.45, 7) is 14.0. The maximum atomic E-state index is 5.83. The Morgan fingerprint density at radius 2 is 1.75 bits per heavy atom. The Bertz CT molecular complexity index is 705. The molecule has 0 aliphatic heterocycles. The molecule has 0 saturated heterocycles. The molecule has 0 atom stereocenters. The minimum absolute atomic E-state index is 0.00252. The zero-order chi connectivity index (χ0) is 18.1. The monoisotopic (exact) mass is 346 g/mol. The lowest BCUT2D eigenvalue weighted by atomic mass is 9.78. The highest BCUT2D eigenvalue weighted by Gasteiger charge is 2.26. The fraction of sp³-hybridized carbons (Fsp3) is 0.550. The summed E-state index contributed by atoms with van der Waals surface area (Å²) in [5, 5.41) is 3.19. The van der Waals surface area contributed by atoms with Crippen LogP contribution in [-0.4, -0.2) is 18.6 Å². The minimum Gasteiger partial charge on any atom is -0.496 e. The molecule has 132 valence electrons. The van der Waals surface area contributed by atoms with E-state index in [0.29, 0.717) is 6.54 Å². The van der Waals surface area contributed by atoms with Crippen molar-refractivity contribution in [1.29, 1.82) is 0 Å². The third-order valence-corrected chi connectivity index (χ3v) is 5.06. The topological polar surface area (TPSA) is 48.1 Å². The Morgan fingerprint density at radius 3 is 2.25 bits per heavy atom. The van der Waals surface area contributed by atoms with Crippen LogP contribution in [0.1, 0.15) is 57.7 Å². The first-order valence-corrected chi connectivity index (χ1v) is 9.33. The van der Waals surface area contributed by atoms with E-state index in [9.17, 15) is 0 Å². The lowest BCUT2D eigenvalue weighted by molar-refractivity contribution is 0.398.